The third kappa shape index (κ3) is 4.51. The fourth-order valence-electron chi connectivity index (χ4n) is 7.80. The van der Waals surface area contributed by atoms with Crippen molar-refractivity contribution in [1.29, 1.82) is 0 Å². The van der Waals surface area contributed by atoms with Crippen LogP contribution < -0.4 is 0 Å². The van der Waals surface area contributed by atoms with E-state index >= 15 is 0 Å². The van der Waals surface area contributed by atoms with Crippen LogP contribution in [-0.2, 0) is 0 Å². The van der Waals surface area contributed by atoms with Crippen molar-refractivity contribution < 1.29 is 4.42 Å². The van der Waals surface area contributed by atoms with Gasteiger partial charge in [0, 0.05) is 37.5 Å². The Kier molecular flexibility index (Phi) is 6.42. The van der Waals surface area contributed by atoms with E-state index in [4.69, 9.17) is 14.4 Å². The lowest BCUT2D eigenvalue weighted by Gasteiger charge is -2.10. The smallest absolute Gasteiger partial charge is 0.160 e. The number of nitrogens with zero attached hydrogens (tertiary/aromatic N) is 2. The Labute approximate surface area is 303 Å². The molecule has 0 aliphatic carbocycles. The number of hydrogen-bond donors (Lipinski definition) is 0. The number of hydrogen-bond acceptors (Lipinski definition) is 4. The van der Waals surface area contributed by atoms with Gasteiger partial charge in [0.1, 0.15) is 11.2 Å². The van der Waals surface area contributed by atoms with Crippen molar-refractivity contribution in [2.45, 2.75) is 0 Å². The minimum absolute atomic E-state index is 0.704. The Balaban J connectivity index is 1.11. The summed E-state index contributed by atoms with van der Waals surface area (Å²) < 4.78 is 9.09. The molecule has 11 aromatic rings. The maximum Gasteiger partial charge on any atom is 0.160 e. The van der Waals surface area contributed by atoms with Gasteiger partial charge in [-0.15, -0.1) is 11.3 Å². The topological polar surface area (TPSA) is 38.9 Å². The van der Waals surface area contributed by atoms with Crippen LogP contribution in [0.3, 0.4) is 0 Å². The highest BCUT2D eigenvalue weighted by Gasteiger charge is 2.20. The summed E-state index contributed by atoms with van der Waals surface area (Å²) in [4.78, 5) is 10.5. The van der Waals surface area contributed by atoms with Crippen LogP contribution in [0.25, 0.3) is 109 Å². The van der Waals surface area contributed by atoms with Crippen molar-refractivity contribution in [2.24, 2.45) is 0 Å². The zero-order valence-corrected chi connectivity index (χ0v) is 28.7. The van der Waals surface area contributed by atoms with E-state index in [1.54, 1.807) is 11.3 Å². The minimum Gasteiger partial charge on any atom is -0.455 e. The van der Waals surface area contributed by atoms with E-state index in [0.717, 1.165) is 70.9 Å². The van der Waals surface area contributed by atoms with Crippen molar-refractivity contribution in [3.63, 3.8) is 0 Å². The fraction of sp³-hybridized carbons (Fsp3) is 0. The van der Waals surface area contributed by atoms with Crippen molar-refractivity contribution in [1.82, 2.24) is 9.97 Å². The monoisotopic (exact) mass is 680 g/mol. The fourth-order valence-corrected chi connectivity index (χ4v) is 8.95. The van der Waals surface area contributed by atoms with Gasteiger partial charge in [-0.05, 0) is 68.6 Å². The maximum atomic E-state index is 6.78. The lowest BCUT2D eigenvalue weighted by Crippen LogP contribution is -1.93. The first-order valence-electron chi connectivity index (χ1n) is 17.5. The standard InChI is InChI=1S/C48H28N2OS/c1-2-12-32(13-3-1)44-47-45(38-18-8-9-20-42(38)52-47)50-48(49-44)34-25-26-41-40(28-34)43-37-17-7-5-14-33(37)27-39(46(43)51-41)31-23-21-30(22-24-31)36-19-10-15-29-11-4-6-16-35(29)36/h1-28H. The summed E-state index contributed by atoms with van der Waals surface area (Å²) in [7, 11) is 0. The van der Waals surface area contributed by atoms with Crippen molar-refractivity contribution in [3.8, 4) is 44.9 Å². The third-order valence-corrected chi connectivity index (χ3v) is 11.5. The molecular formula is C48H28N2OS. The lowest BCUT2D eigenvalue weighted by molar-refractivity contribution is 0.670. The van der Waals surface area contributed by atoms with E-state index in [1.165, 1.54) is 32.0 Å². The molecule has 0 radical (unpaired) electrons. The minimum atomic E-state index is 0.704. The van der Waals surface area contributed by atoms with Gasteiger partial charge in [-0.1, -0.05) is 140 Å². The summed E-state index contributed by atoms with van der Waals surface area (Å²) >= 11 is 1.75. The first kappa shape index (κ1) is 29.1. The van der Waals surface area contributed by atoms with Gasteiger partial charge in [0.05, 0.1) is 15.9 Å². The second-order valence-corrected chi connectivity index (χ2v) is 14.4. The molecule has 52 heavy (non-hydrogen) atoms. The Morgan fingerprint density at radius 1 is 0.442 bits per heavy atom. The lowest BCUT2D eigenvalue weighted by atomic mass is 9.93. The van der Waals surface area contributed by atoms with Crippen LogP contribution in [0.5, 0.6) is 0 Å². The van der Waals surface area contributed by atoms with E-state index in [1.807, 2.05) is 6.07 Å². The van der Waals surface area contributed by atoms with Gasteiger partial charge in [-0.3, -0.25) is 0 Å². The first-order chi connectivity index (χ1) is 25.8. The average Bonchev–Trinajstić information content (AvgIpc) is 3.79. The molecule has 0 saturated carbocycles. The molecule has 3 aromatic heterocycles. The Morgan fingerprint density at radius 3 is 1.96 bits per heavy atom. The molecule has 8 aromatic carbocycles. The normalized spacial score (nSPS) is 11.8. The number of rotatable bonds is 4. The van der Waals surface area contributed by atoms with Gasteiger partial charge in [-0.25, -0.2) is 9.97 Å². The van der Waals surface area contributed by atoms with E-state index in [9.17, 15) is 0 Å². The van der Waals surface area contributed by atoms with Crippen molar-refractivity contribution >= 4 is 75.1 Å². The zero-order valence-electron chi connectivity index (χ0n) is 27.9. The molecule has 4 heteroatoms. The SMILES string of the molecule is c1ccc(-c2nc(-c3ccc4oc5c(-c6ccc(-c7cccc8ccccc78)cc6)cc6ccccc6c5c4c3)nc3c2sc2ccccc23)cc1. The predicted molar refractivity (Wildman–Crippen MR) is 219 cm³/mol. The van der Waals surface area contributed by atoms with E-state index < -0.39 is 0 Å². The van der Waals surface area contributed by atoms with Crippen LogP contribution in [0.2, 0.25) is 0 Å². The first-order valence-corrected chi connectivity index (χ1v) is 18.3. The summed E-state index contributed by atoms with van der Waals surface area (Å²) in [6, 6.07) is 60.2. The molecule has 3 nitrogen and oxygen atoms in total. The second-order valence-electron chi connectivity index (χ2n) is 13.3. The van der Waals surface area contributed by atoms with Crippen LogP contribution >= 0.6 is 11.3 Å². The van der Waals surface area contributed by atoms with E-state index in [-0.39, 0.29) is 0 Å². The number of furan rings is 1. The van der Waals surface area contributed by atoms with Crippen LogP contribution in [0.15, 0.2) is 174 Å². The van der Waals surface area contributed by atoms with Gasteiger partial charge < -0.3 is 4.42 Å². The number of aromatic nitrogens is 2. The molecule has 0 atom stereocenters. The van der Waals surface area contributed by atoms with Gasteiger partial charge in [-0.2, -0.15) is 0 Å². The largest absolute Gasteiger partial charge is 0.455 e. The Hall–Kier alpha value is -6.62. The van der Waals surface area contributed by atoms with Crippen LogP contribution in [0.1, 0.15) is 0 Å². The Morgan fingerprint density at radius 2 is 1.12 bits per heavy atom. The molecule has 0 bridgehead atoms. The third-order valence-electron chi connectivity index (χ3n) is 10.3. The van der Waals surface area contributed by atoms with Gasteiger partial charge in [0.15, 0.2) is 5.82 Å². The molecule has 0 N–H and O–H groups in total. The second kappa shape index (κ2) is 11.5. The van der Waals surface area contributed by atoms with Crippen molar-refractivity contribution in [3.05, 3.63) is 170 Å². The molecular weight excluding hydrogens is 653 g/mol. The van der Waals surface area contributed by atoms with E-state index in [2.05, 4.69) is 164 Å². The molecule has 11 rings (SSSR count). The number of benzene rings is 8. The summed E-state index contributed by atoms with van der Waals surface area (Å²) in [5.41, 5.74) is 10.3. The van der Waals surface area contributed by atoms with Crippen LogP contribution in [0, 0.1) is 0 Å². The summed E-state index contributed by atoms with van der Waals surface area (Å²) in [5, 5.41) is 8.14. The molecule has 0 fully saturated rings. The Bertz CT molecular complexity index is 3170. The van der Waals surface area contributed by atoms with Crippen molar-refractivity contribution in [2.75, 3.05) is 0 Å². The summed E-state index contributed by atoms with van der Waals surface area (Å²) in [6.07, 6.45) is 0. The van der Waals surface area contributed by atoms with Gasteiger partial charge in [0.25, 0.3) is 0 Å². The molecule has 0 unspecified atom stereocenters. The van der Waals surface area contributed by atoms with Gasteiger partial charge >= 0.3 is 0 Å². The van der Waals surface area contributed by atoms with E-state index in [0.29, 0.717) is 5.82 Å². The molecule has 3 heterocycles. The molecule has 0 spiro atoms. The molecule has 0 amide bonds. The molecule has 0 aliphatic heterocycles. The van der Waals surface area contributed by atoms with Crippen LogP contribution in [-0.4, -0.2) is 9.97 Å². The zero-order chi connectivity index (χ0) is 34.2. The average molecular weight is 681 g/mol. The maximum absolute atomic E-state index is 6.78. The molecule has 0 aliphatic rings. The number of fused-ring (bicyclic) bond motifs is 9. The molecule has 0 saturated heterocycles. The van der Waals surface area contributed by atoms with Gasteiger partial charge in [0.2, 0.25) is 0 Å². The predicted octanol–water partition coefficient (Wildman–Crippen LogP) is 13.7. The summed E-state index contributed by atoms with van der Waals surface area (Å²) in [6.45, 7) is 0. The highest BCUT2D eigenvalue weighted by Crippen LogP contribution is 2.44. The highest BCUT2D eigenvalue weighted by molar-refractivity contribution is 7.26. The quantitative estimate of drug-likeness (QED) is 0.186. The molecule has 242 valence electrons. The number of thiophene rings is 1. The van der Waals surface area contributed by atoms with Crippen LogP contribution in [0.4, 0.5) is 0 Å². The summed E-state index contributed by atoms with van der Waals surface area (Å²) in [5.74, 6) is 0.704. The highest BCUT2D eigenvalue weighted by atomic mass is 32.1.